The van der Waals surface area contributed by atoms with Gasteiger partial charge in [-0.1, -0.05) is 23.8 Å². The number of carbonyl (C=O) groups excluding carboxylic acids is 1. The minimum Gasteiger partial charge on any atom is -0.381 e. The summed E-state index contributed by atoms with van der Waals surface area (Å²) in [7, 11) is 1.76. The number of fused-ring (bicyclic) bond motifs is 1. The lowest BCUT2D eigenvalue weighted by atomic mass is 9.87. The van der Waals surface area contributed by atoms with E-state index in [1.54, 1.807) is 19.5 Å². The zero-order valence-corrected chi connectivity index (χ0v) is 16.7. The number of hydrogen-bond acceptors (Lipinski definition) is 5. The van der Waals surface area contributed by atoms with Crippen molar-refractivity contribution in [1.82, 2.24) is 20.5 Å². The summed E-state index contributed by atoms with van der Waals surface area (Å²) in [6.45, 7) is 1.13. The molecule has 0 radical (unpaired) electrons. The predicted molar refractivity (Wildman–Crippen MR) is 109 cm³/mol. The van der Waals surface area contributed by atoms with Gasteiger partial charge in [-0.25, -0.2) is 0 Å². The van der Waals surface area contributed by atoms with E-state index in [0.29, 0.717) is 24.8 Å². The molecule has 150 valence electrons. The molecule has 28 heavy (non-hydrogen) atoms. The van der Waals surface area contributed by atoms with E-state index in [2.05, 4.69) is 33.1 Å². The molecule has 7 nitrogen and oxygen atoms in total. The van der Waals surface area contributed by atoms with E-state index in [1.807, 2.05) is 10.8 Å². The number of aromatic nitrogens is 2. The van der Waals surface area contributed by atoms with Crippen LogP contribution in [0.4, 0.5) is 0 Å². The Morgan fingerprint density at radius 1 is 1.46 bits per heavy atom. The molecular weight excluding hydrogens is 378 g/mol. The molecule has 0 aromatic carbocycles. The Bertz CT molecular complexity index is 815. The molecule has 2 heterocycles. The van der Waals surface area contributed by atoms with Crippen molar-refractivity contribution in [2.24, 2.45) is 11.0 Å². The number of allylic oxidation sites excluding steroid dienone is 2. The first-order valence-electron chi connectivity index (χ1n) is 9.78. The van der Waals surface area contributed by atoms with Crippen LogP contribution in [0.2, 0.25) is 0 Å². The quantitative estimate of drug-likeness (QED) is 0.564. The maximum atomic E-state index is 12.5. The van der Waals surface area contributed by atoms with Crippen LogP contribution in [0.1, 0.15) is 36.0 Å². The number of alkyl halides is 1. The Balaban J connectivity index is 1.29. The van der Waals surface area contributed by atoms with Crippen molar-refractivity contribution >= 4 is 23.2 Å². The van der Waals surface area contributed by atoms with Crippen molar-refractivity contribution in [3.05, 3.63) is 41.8 Å². The molecule has 1 amide bonds. The van der Waals surface area contributed by atoms with Gasteiger partial charge >= 0.3 is 0 Å². The van der Waals surface area contributed by atoms with E-state index >= 15 is 0 Å². The highest BCUT2D eigenvalue weighted by Crippen LogP contribution is 2.27. The summed E-state index contributed by atoms with van der Waals surface area (Å²) >= 11 is 6.23. The van der Waals surface area contributed by atoms with E-state index in [-0.39, 0.29) is 23.2 Å². The average Bonchev–Trinajstić information content (AvgIpc) is 3.33. The standard InChI is InChI=1S/C20H26ClN5O2/c1-28-16-5-2-13(3-6-16)11-26-12-14(9-23-26)20(27)22-10-19-17-8-15(21)4-7-18(17)24-25-19/h2,4,7,9,12,15-18,24H,3,5-6,8,10-11H2,1H3,(H,22,27)/t15-,16+,17-,18?/m1/s1. The molecule has 0 fully saturated rings. The van der Waals surface area contributed by atoms with Crippen molar-refractivity contribution in [1.29, 1.82) is 0 Å². The molecule has 2 N–H and O–H groups in total. The van der Waals surface area contributed by atoms with Crippen LogP contribution in [-0.2, 0) is 11.3 Å². The fourth-order valence-electron chi connectivity index (χ4n) is 4.00. The first-order valence-corrected chi connectivity index (χ1v) is 10.2. The average molecular weight is 404 g/mol. The monoisotopic (exact) mass is 403 g/mol. The summed E-state index contributed by atoms with van der Waals surface area (Å²) in [6, 6.07) is 0.186. The van der Waals surface area contributed by atoms with Crippen LogP contribution in [0.3, 0.4) is 0 Å². The summed E-state index contributed by atoms with van der Waals surface area (Å²) in [5.41, 5.74) is 5.95. The molecule has 0 bridgehead atoms. The van der Waals surface area contributed by atoms with Gasteiger partial charge in [0.15, 0.2) is 0 Å². The van der Waals surface area contributed by atoms with Gasteiger partial charge in [0.2, 0.25) is 0 Å². The fraction of sp³-hybridized carbons (Fsp3) is 0.550. The molecule has 1 aromatic rings. The van der Waals surface area contributed by atoms with Gasteiger partial charge in [0, 0.05) is 19.2 Å². The van der Waals surface area contributed by atoms with E-state index in [1.165, 1.54) is 5.57 Å². The van der Waals surface area contributed by atoms with E-state index < -0.39 is 0 Å². The molecule has 0 saturated carbocycles. The van der Waals surface area contributed by atoms with Crippen molar-refractivity contribution in [3.63, 3.8) is 0 Å². The summed E-state index contributed by atoms with van der Waals surface area (Å²) in [4.78, 5) is 12.5. The lowest BCUT2D eigenvalue weighted by molar-refractivity contribution is 0.0935. The zero-order chi connectivity index (χ0) is 19.5. The Morgan fingerprint density at radius 3 is 3.14 bits per heavy atom. The summed E-state index contributed by atoms with van der Waals surface area (Å²) in [6.07, 6.45) is 13.8. The number of nitrogens with one attached hydrogen (secondary N) is 2. The molecule has 8 heteroatoms. The topological polar surface area (TPSA) is 80.5 Å². The van der Waals surface area contributed by atoms with Crippen molar-refractivity contribution in [2.75, 3.05) is 13.7 Å². The first kappa shape index (κ1) is 19.2. The molecule has 2 aliphatic carbocycles. The summed E-state index contributed by atoms with van der Waals surface area (Å²) < 4.78 is 7.21. The molecule has 0 saturated heterocycles. The van der Waals surface area contributed by atoms with Crippen LogP contribution in [0, 0.1) is 5.92 Å². The number of methoxy groups -OCH3 is 1. The number of rotatable bonds is 6. The number of hydrazone groups is 1. The van der Waals surface area contributed by atoms with Gasteiger partial charge in [-0.15, -0.1) is 11.6 Å². The molecule has 4 rings (SSSR count). The Labute approximate surface area is 169 Å². The van der Waals surface area contributed by atoms with Gasteiger partial charge < -0.3 is 15.5 Å². The van der Waals surface area contributed by atoms with Crippen LogP contribution in [0.25, 0.3) is 0 Å². The Hall–Kier alpha value is -2.12. The third kappa shape index (κ3) is 4.31. The van der Waals surface area contributed by atoms with Crippen molar-refractivity contribution in [2.45, 2.75) is 49.8 Å². The van der Waals surface area contributed by atoms with Gasteiger partial charge in [-0.2, -0.15) is 10.2 Å². The van der Waals surface area contributed by atoms with Crippen LogP contribution >= 0.6 is 11.6 Å². The Morgan fingerprint density at radius 2 is 2.36 bits per heavy atom. The third-order valence-corrected chi connectivity index (χ3v) is 6.03. The molecular formula is C20H26ClN5O2. The third-order valence-electron chi connectivity index (χ3n) is 5.71. The maximum absolute atomic E-state index is 12.5. The molecule has 1 unspecified atom stereocenters. The molecule has 1 aliphatic heterocycles. The highest BCUT2D eigenvalue weighted by molar-refractivity contribution is 6.22. The summed E-state index contributed by atoms with van der Waals surface area (Å²) in [5, 5.41) is 11.7. The van der Waals surface area contributed by atoms with E-state index in [0.717, 1.165) is 31.4 Å². The fourth-order valence-corrected chi connectivity index (χ4v) is 4.28. The van der Waals surface area contributed by atoms with Crippen molar-refractivity contribution in [3.8, 4) is 0 Å². The smallest absolute Gasteiger partial charge is 0.254 e. The second-order valence-electron chi connectivity index (χ2n) is 7.60. The SMILES string of the molecule is CO[C@H]1CC=C(Cn2cc(C(=O)NCC3=NNC4C=C[C@@H](Cl)C[C@@H]34)cn2)CC1. The highest BCUT2D eigenvalue weighted by Gasteiger charge is 2.33. The largest absolute Gasteiger partial charge is 0.381 e. The van der Waals surface area contributed by atoms with Crippen LogP contribution in [0.5, 0.6) is 0 Å². The highest BCUT2D eigenvalue weighted by atomic mass is 35.5. The zero-order valence-electron chi connectivity index (χ0n) is 16.0. The maximum Gasteiger partial charge on any atom is 0.254 e. The summed E-state index contributed by atoms with van der Waals surface area (Å²) in [5.74, 6) is 0.105. The normalized spacial score (nSPS) is 28.9. The minimum atomic E-state index is -0.136. The number of amides is 1. The van der Waals surface area contributed by atoms with Gasteiger partial charge in [-0.05, 0) is 25.7 Å². The predicted octanol–water partition coefficient (Wildman–Crippen LogP) is 2.25. The minimum absolute atomic E-state index is 0.0218. The van der Waals surface area contributed by atoms with Gasteiger partial charge in [0.05, 0.1) is 48.1 Å². The Kier molecular flexibility index (Phi) is 5.82. The van der Waals surface area contributed by atoms with Gasteiger partial charge in [0.25, 0.3) is 5.91 Å². The number of ether oxygens (including phenoxy) is 1. The number of nitrogens with zero attached hydrogens (tertiary/aromatic N) is 3. The lowest BCUT2D eigenvalue weighted by Crippen LogP contribution is -2.37. The molecule has 4 atom stereocenters. The van der Waals surface area contributed by atoms with E-state index in [9.17, 15) is 4.79 Å². The number of hydrogen-bond donors (Lipinski definition) is 2. The molecule has 3 aliphatic rings. The number of halogens is 1. The molecule has 0 spiro atoms. The van der Waals surface area contributed by atoms with Gasteiger partial charge in [0.1, 0.15) is 0 Å². The second kappa shape index (κ2) is 8.49. The van der Waals surface area contributed by atoms with Crippen molar-refractivity contribution < 1.29 is 9.53 Å². The molecule has 1 aromatic heterocycles. The van der Waals surface area contributed by atoms with E-state index in [4.69, 9.17) is 16.3 Å². The second-order valence-corrected chi connectivity index (χ2v) is 8.17. The van der Waals surface area contributed by atoms with Crippen LogP contribution < -0.4 is 10.7 Å². The first-order chi connectivity index (χ1) is 13.6. The number of carbonyl (C=O) groups is 1. The van der Waals surface area contributed by atoms with Crippen LogP contribution in [0.15, 0.2) is 41.3 Å². The van der Waals surface area contributed by atoms with Gasteiger partial charge in [-0.3, -0.25) is 9.48 Å². The van der Waals surface area contributed by atoms with Crippen LogP contribution in [-0.4, -0.2) is 52.6 Å². The lowest BCUT2D eigenvalue weighted by Gasteiger charge is -2.23.